The van der Waals surface area contributed by atoms with Crippen LogP contribution in [-0.4, -0.2) is 26.7 Å². The van der Waals surface area contributed by atoms with Gasteiger partial charge in [-0.15, -0.1) is 0 Å². The van der Waals surface area contributed by atoms with Crippen LogP contribution in [0, 0.1) is 0 Å². The Hall–Kier alpha value is -2.69. The predicted molar refractivity (Wildman–Crippen MR) is 93.0 cm³/mol. The molecule has 0 aromatic heterocycles. The molecule has 0 saturated heterocycles. The van der Waals surface area contributed by atoms with E-state index in [0.717, 1.165) is 11.3 Å². The van der Waals surface area contributed by atoms with Crippen molar-refractivity contribution in [1.29, 1.82) is 0 Å². The molecule has 0 spiro atoms. The predicted octanol–water partition coefficient (Wildman–Crippen LogP) is 3.59. The fourth-order valence-electron chi connectivity index (χ4n) is 2.36. The minimum Gasteiger partial charge on any atom is -0.494 e. The molecule has 0 bridgehead atoms. The smallest absolute Gasteiger partial charge is 0.251 e. The van der Waals surface area contributed by atoms with Crippen LogP contribution >= 0.6 is 0 Å². The molecular formula is C19H23NO4. The highest BCUT2D eigenvalue weighted by molar-refractivity contribution is 5.95. The number of ether oxygens (including phenoxy) is 3. The third kappa shape index (κ3) is 4.19. The third-order valence-electron chi connectivity index (χ3n) is 3.68. The lowest BCUT2D eigenvalue weighted by Crippen LogP contribution is -2.26. The number of carbonyl (C=O) groups is 1. The molecule has 1 atom stereocenters. The molecule has 1 amide bonds. The zero-order valence-electron chi connectivity index (χ0n) is 14.5. The lowest BCUT2D eigenvalue weighted by Gasteiger charge is -2.16. The zero-order chi connectivity index (χ0) is 17.5. The van der Waals surface area contributed by atoms with Gasteiger partial charge in [-0.2, -0.15) is 0 Å². The van der Waals surface area contributed by atoms with Gasteiger partial charge in [-0.05, 0) is 49.7 Å². The van der Waals surface area contributed by atoms with Crippen LogP contribution in [0.3, 0.4) is 0 Å². The molecule has 0 fully saturated rings. The number of carbonyl (C=O) groups excluding carboxylic acids is 1. The molecule has 5 nitrogen and oxygen atoms in total. The lowest BCUT2D eigenvalue weighted by molar-refractivity contribution is 0.0939. The van der Waals surface area contributed by atoms with E-state index >= 15 is 0 Å². The quantitative estimate of drug-likeness (QED) is 0.843. The van der Waals surface area contributed by atoms with Crippen LogP contribution in [0.1, 0.15) is 35.8 Å². The van der Waals surface area contributed by atoms with E-state index in [1.807, 2.05) is 38.1 Å². The first-order chi connectivity index (χ1) is 11.6. The molecule has 2 aromatic rings. The normalized spacial score (nSPS) is 11.5. The van der Waals surface area contributed by atoms with E-state index in [1.54, 1.807) is 32.4 Å². The number of hydrogen-bond acceptors (Lipinski definition) is 4. The van der Waals surface area contributed by atoms with Gasteiger partial charge in [-0.3, -0.25) is 4.79 Å². The zero-order valence-corrected chi connectivity index (χ0v) is 14.5. The molecule has 128 valence electrons. The Bertz CT molecular complexity index is 682. The Labute approximate surface area is 142 Å². The van der Waals surface area contributed by atoms with E-state index in [9.17, 15) is 4.79 Å². The van der Waals surface area contributed by atoms with E-state index in [4.69, 9.17) is 14.2 Å². The van der Waals surface area contributed by atoms with E-state index < -0.39 is 0 Å². The molecule has 0 aliphatic heterocycles. The first-order valence-corrected chi connectivity index (χ1v) is 7.84. The van der Waals surface area contributed by atoms with Crippen molar-refractivity contribution in [2.45, 2.75) is 19.9 Å². The topological polar surface area (TPSA) is 56.8 Å². The summed E-state index contributed by atoms with van der Waals surface area (Å²) in [7, 11) is 3.10. The minimum absolute atomic E-state index is 0.124. The van der Waals surface area contributed by atoms with Gasteiger partial charge in [0.2, 0.25) is 0 Å². The number of hydrogen-bond donors (Lipinski definition) is 1. The summed E-state index contributed by atoms with van der Waals surface area (Å²) in [6.45, 7) is 4.51. The first-order valence-electron chi connectivity index (χ1n) is 7.84. The fourth-order valence-corrected chi connectivity index (χ4v) is 2.36. The van der Waals surface area contributed by atoms with E-state index in [1.165, 1.54) is 0 Å². The minimum atomic E-state index is -0.169. The van der Waals surface area contributed by atoms with Gasteiger partial charge in [0.1, 0.15) is 5.75 Å². The van der Waals surface area contributed by atoms with Gasteiger partial charge in [0.25, 0.3) is 5.91 Å². The van der Waals surface area contributed by atoms with Gasteiger partial charge in [0.15, 0.2) is 11.5 Å². The maximum absolute atomic E-state index is 12.4. The molecule has 0 unspecified atom stereocenters. The lowest BCUT2D eigenvalue weighted by atomic mass is 10.1. The molecule has 0 aliphatic rings. The van der Waals surface area contributed by atoms with Gasteiger partial charge in [-0.1, -0.05) is 12.1 Å². The number of nitrogens with one attached hydrogen (secondary N) is 1. The summed E-state index contributed by atoms with van der Waals surface area (Å²) in [5.41, 5.74) is 1.53. The van der Waals surface area contributed by atoms with E-state index in [2.05, 4.69) is 5.32 Å². The third-order valence-corrected chi connectivity index (χ3v) is 3.68. The van der Waals surface area contributed by atoms with Crippen LogP contribution < -0.4 is 19.5 Å². The maximum atomic E-state index is 12.4. The van der Waals surface area contributed by atoms with Crippen LogP contribution in [0.25, 0.3) is 0 Å². The summed E-state index contributed by atoms with van der Waals surface area (Å²) in [6.07, 6.45) is 0. The Kier molecular flexibility index (Phi) is 6.07. The Morgan fingerprint density at radius 3 is 2.29 bits per heavy atom. The van der Waals surface area contributed by atoms with E-state index in [0.29, 0.717) is 23.7 Å². The molecule has 0 radical (unpaired) electrons. The highest BCUT2D eigenvalue weighted by Gasteiger charge is 2.14. The van der Waals surface area contributed by atoms with Crippen molar-refractivity contribution in [2.24, 2.45) is 0 Å². The van der Waals surface area contributed by atoms with E-state index in [-0.39, 0.29) is 11.9 Å². The maximum Gasteiger partial charge on any atom is 0.251 e. The van der Waals surface area contributed by atoms with Crippen molar-refractivity contribution in [3.05, 3.63) is 53.6 Å². The highest BCUT2D eigenvalue weighted by atomic mass is 16.5. The number of benzene rings is 2. The fraction of sp³-hybridized carbons (Fsp3) is 0.316. The Morgan fingerprint density at radius 2 is 1.71 bits per heavy atom. The summed E-state index contributed by atoms with van der Waals surface area (Å²) in [5, 5.41) is 2.98. The first kappa shape index (κ1) is 17.7. The molecule has 2 rings (SSSR count). The van der Waals surface area contributed by atoms with Crippen molar-refractivity contribution < 1.29 is 19.0 Å². The summed E-state index contributed by atoms with van der Waals surface area (Å²) in [6, 6.07) is 12.7. The summed E-state index contributed by atoms with van der Waals surface area (Å²) in [4.78, 5) is 12.4. The summed E-state index contributed by atoms with van der Waals surface area (Å²) < 4.78 is 15.8. The van der Waals surface area contributed by atoms with Crippen LogP contribution in [0.5, 0.6) is 17.2 Å². The average molecular weight is 329 g/mol. The van der Waals surface area contributed by atoms with Gasteiger partial charge in [0.05, 0.1) is 26.9 Å². The van der Waals surface area contributed by atoms with Gasteiger partial charge in [0, 0.05) is 5.56 Å². The van der Waals surface area contributed by atoms with Crippen molar-refractivity contribution in [3.63, 3.8) is 0 Å². The van der Waals surface area contributed by atoms with Crippen LogP contribution in [-0.2, 0) is 0 Å². The summed E-state index contributed by atoms with van der Waals surface area (Å²) in [5.74, 6) is 1.77. The largest absolute Gasteiger partial charge is 0.494 e. The molecule has 2 aromatic carbocycles. The van der Waals surface area contributed by atoms with Crippen molar-refractivity contribution in [3.8, 4) is 17.2 Å². The monoisotopic (exact) mass is 329 g/mol. The molecule has 24 heavy (non-hydrogen) atoms. The number of rotatable bonds is 7. The number of methoxy groups -OCH3 is 2. The van der Waals surface area contributed by atoms with Gasteiger partial charge < -0.3 is 19.5 Å². The molecule has 0 heterocycles. The standard InChI is InChI=1S/C19H23NO4/c1-5-24-16-9-6-14(7-10-16)13(2)20-19(21)15-8-11-17(22-3)18(12-15)23-4/h6-13H,5H2,1-4H3,(H,20,21)/t13-/m0/s1. The highest BCUT2D eigenvalue weighted by Crippen LogP contribution is 2.27. The second kappa shape index (κ2) is 8.24. The van der Waals surface area contributed by atoms with Crippen molar-refractivity contribution in [2.75, 3.05) is 20.8 Å². The second-order valence-corrected chi connectivity index (χ2v) is 5.27. The van der Waals surface area contributed by atoms with Crippen LogP contribution in [0.4, 0.5) is 0 Å². The van der Waals surface area contributed by atoms with Crippen molar-refractivity contribution >= 4 is 5.91 Å². The average Bonchev–Trinajstić information content (AvgIpc) is 2.61. The molecule has 0 aliphatic carbocycles. The summed E-state index contributed by atoms with van der Waals surface area (Å²) >= 11 is 0. The molecular weight excluding hydrogens is 306 g/mol. The molecule has 0 saturated carbocycles. The Balaban J connectivity index is 2.08. The molecule has 1 N–H and O–H groups in total. The van der Waals surface area contributed by atoms with Crippen molar-refractivity contribution in [1.82, 2.24) is 5.32 Å². The second-order valence-electron chi connectivity index (χ2n) is 5.27. The SMILES string of the molecule is CCOc1ccc([C@H](C)NC(=O)c2ccc(OC)c(OC)c2)cc1. The van der Waals surface area contributed by atoms with Gasteiger partial charge in [-0.25, -0.2) is 0 Å². The number of amides is 1. The van der Waals surface area contributed by atoms with Gasteiger partial charge >= 0.3 is 0 Å². The molecule has 5 heteroatoms. The van der Waals surface area contributed by atoms with Crippen LogP contribution in [0.2, 0.25) is 0 Å². The van der Waals surface area contributed by atoms with Crippen LogP contribution in [0.15, 0.2) is 42.5 Å². The Morgan fingerprint density at radius 1 is 1.04 bits per heavy atom.